The number of amides is 1. The Hall–Kier alpha value is -3.07. The summed E-state index contributed by atoms with van der Waals surface area (Å²) in [5.41, 5.74) is 12.6. The first-order valence-electron chi connectivity index (χ1n) is 8.35. The number of nitrogens with zero attached hydrogens (tertiary/aromatic N) is 2. The minimum absolute atomic E-state index is 0.0403. The molecular weight excluding hydrogens is 350 g/mol. The van der Waals surface area contributed by atoms with Crippen molar-refractivity contribution in [2.75, 3.05) is 26.0 Å². The van der Waals surface area contributed by atoms with Crippen LogP contribution in [0.4, 0.5) is 5.69 Å². The number of nitrogens with one attached hydrogen (secondary N) is 1. The molecule has 9 nitrogen and oxygen atoms in total. The molecule has 1 rings (SSSR count). The first-order chi connectivity index (χ1) is 12.7. The fourth-order valence-electron chi connectivity index (χ4n) is 2.26. The van der Waals surface area contributed by atoms with Gasteiger partial charge in [0.1, 0.15) is 11.5 Å². The van der Waals surface area contributed by atoms with Crippen LogP contribution in [-0.4, -0.2) is 47.8 Å². The quantitative estimate of drug-likeness (QED) is 0.404. The van der Waals surface area contributed by atoms with E-state index >= 15 is 0 Å². The topological polar surface area (TPSA) is 133 Å². The molecule has 0 aliphatic heterocycles. The molecule has 0 aliphatic rings. The summed E-state index contributed by atoms with van der Waals surface area (Å²) in [5.74, 6) is -0.921. The van der Waals surface area contributed by atoms with Crippen molar-refractivity contribution in [3.05, 3.63) is 42.1 Å². The molecule has 9 heteroatoms. The highest BCUT2D eigenvalue weighted by Crippen LogP contribution is 2.15. The van der Waals surface area contributed by atoms with E-state index in [9.17, 15) is 14.4 Å². The van der Waals surface area contributed by atoms with Crippen LogP contribution in [-0.2, 0) is 21.4 Å². The van der Waals surface area contributed by atoms with Gasteiger partial charge >= 0.3 is 5.97 Å². The molecule has 1 aromatic rings. The predicted molar refractivity (Wildman–Crippen MR) is 102 cm³/mol. The molecule has 1 aromatic heterocycles. The molecular formula is C18H27N5O4. The predicted octanol–water partition coefficient (Wildman–Crippen LogP) is 0.694. The fourth-order valence-corrected chi connectivity index (χ4v) is 2.26. The van der Waals surface area contributed by atoms with Gasteiger partial charge in [-0.2, -0.15) is 0 Å². The summed E-state index contributed by atoms with van der Waals surface area (Å²) < 4.78 is 6.21. The number of hydrogen-bond donors (Lipinski definition) is 3. The number of likely N-dealkylation sites (N-methyl/N-ethyl adjacent to an activating group) is 1. The SMILES string of the molecule is C=C(C(=O)Nc1cc(C(=O)OC)n(C)c1)N(C)/C=C(\N)CCC(=O)CCN. The van der Waals surface area contributed by atoms with Gasteiger partial charge < -0.3 is 31.0 Å². The second-order valence-electron chi connectivity index (χ2n) is 6.01. The first kappa shape index (κ1) is 22.0. The van der Waals surface area contributed by atoms with E-state index in [2.05, 4.69) is 16.6 Å². The lowest BCUT2D eigenvalue weighted by Gasteiger charge is -2.17. The molecule has 148 valence electrons. The number of esters is 1. The second-order valence-corrected chi connectivity index (χ2v) is 6.01. The zero-order valence-electron chi connectivity index (χ0n) is 15.9. The van der Waals surface area contributed by atoms with Gasteiger partial charge in [0.15, 0.2) is 0 Å². The molecule has 0 aliphatic carbocycles. The van der Waals surface area contributed by atoms with Crippen molar-refractivity contribution in [2.45, 2.75) is 19.3 Å². The van der Waals surface area contributed by atoms with Crippen LogP contribution in [0.25, 0.3) is 0 Å². The highest BCUT2D eigenvalue weighted by Gasteiger charge is 2.16. The number of aryl methyl sites for hydroxylation is 1. The lowest BCUT2D eigenvalue weighted by Crippen LogP contribution is -2.24. The number of carbonyl (C=O) groups is 3. The maximum atomic E-state index is 12.3. The van der Waals surface area contributed by atoms with Gasteiger partial charge in [-0.1, -0.05) is 6.58 Å². The summed E-state index contributed by atoms with van der Waals surface area (Å²) in [5, 5.41) is 2.66. The fraction of sp³-hybridized carbons (Fsp3) is 0.389. The van der Waals surface area contributed by atoms with Gasteiger partial charge in [0.05, 0.1) is 18.5 Å². The molecule has 0 fully saturated rings. The molecule has 0 unspecified atom stereocenters. The lowest BCUT2D eigenvalue weighted by molar-refractivity contribution is -0.119. The van der Waals surface area contributed by atoms with Crippen molar-refractivity contribution < 1.29 is 19.1 Å². The zero-order chi connectivity index (χ0) is 20.6. The zero-order valence-corrected chi connectivity index (χ0v) is 15.9. The molecule has 27 heavy (non-hydrogen) atoms. The molecule has 0 radical (unpaired) electrons. The van der Waals surface area contributed by atoms with Gasteiger partial charge in [-0.05, 0) is 19.0 Å². The van der Waals surface area contributed by atoms with Gasteiger partial charge in [0.25, 0.3) is 5.91 Å². The molecule has 0 saturated carbocycles. The van der Waals surface area contributed by atoms with Gasteiger partial charge in [0.2, 0.25) is 0 Å². The van der Waals surface area contributed by atoms with Crippen LogP contribution in [0.15, 0.2) is 36.4 Å². The van der Waals surface area contributed by atoms with Crippen LogP contribution in [0.5, 0.6) is 0 Å². The van der Waals surface area contributed by atoms with E-state index in [1.807, 2.05) is 0 Å². The third-order valence-corrected chi connectivity index (χ3v) is 3.82. The molecule has 1 amide bonds. The Bertz CT molecular complexity index is 751. The van der Waals surface area contributed by atoms with E-state index in [4.69, 9.17) is 11.5 Å². The van der Waals surface area contributed by atoms with Crippen molar-refractivity contribution in [1.82, 2.24) is 9.47 Å². The number of aromatic nitrogens is 1. The van der Waals surface area contributed by atoms with Crippen LogP contribution in [0.1, 0.15) is 29.8 Å². The summed E-state index contributed by atoms with van der Waals surface area (Å²) in [6.45, 7) is 4.06. The number of carbonyl (C=O) groups excluding carboxylic acids is 3. The average Bonchev–Trinajstić information content (AvgIpc) is 2.98. The van der Waals surface area contributed by atoms with Crippen molar-refractivity contribution in [2.24, 2.45) is 18.5 Å². The van der Waals surface area contributed by atoms with Crippen LogP contribution in [0.2, 0.25) is 0 Å². The molecule has 0 atom stereocenters. The molecule has 0 saturated heterocycles. The van der Waals surface area contributed by atoms with Gasteiger partial charge in [-0.3, -0.25) is 9.59 Å². The maximum Gasteiger partial charge on any atom is 0.354 e. The highest BCUT2D eigenvalue weighted by atomic mass is 16.5. The average molecular weight is 377 g/mol. The van der Waals surface area contributed by atoms with Crippen molar-refractivity contribution in [3.63, 3.8) is 0 Å². The van der Waals surface area contributed by atoms with Crippen molar-refractivity contribution in [3.8, 4) is 0 Å². The monoisotopic (exact) mass is 377 g/mol. The van der Waals surface area contributed by atoms with Gasteiger partial charge in [-0.25, -0.2) is 4.79 Å². The summed E-state index contributed by atoms with van der Waals surface area (Å²) in [6.07, 6.45) is 4.13. The number of methoxy groups -OCH3 is 1. The van der Waals surface area contributed by atoms with Gasteiger partial charge in [0, 0.05) is 45.0 Å². The normalized spacial score (nSPS) is 11.0. The number of ether oxygens (including phenoxy) is 1. The van der Waals surface area contributed by atoms with Crippen LogP contribution < -0.4 is 16.8 Å². The third kappa shape index (κ3) is 6.63. The molecule has 1 heterocycles. The largest absolute Gasteiger partial charge is 0.464 e. The van der Waals surface area contributed by atoms with Crippen LogP contribution >= 0.6 is 0 Å². The number of anilines is 1. The number of hydrogen-bond acceptors (Lipinski definition) is 7. The van der Waals surface area contributed by atoms with E-state index in [-0.39, 0.29) is 11.5 Å². The number of nitrogens with two attached hydrogens (primary N) is 2. The second kappa shape index (κ2) is 10.2. The third-order valence-electron chi connectivity index (χ3n) is 3.82. The minimum atomic E-state index is -0.506. The first-order valence-corrected chi connectivity index (χ1v) is 8.35. The van der Waals surface area contributed by atoms with Crippen molar-refractivity contribution in [1.29, 1.82) is 0 Å². The highest BCUT2D eigenvalue weighted by molar-refractivity contribution is 6.03. The molecule has 0 aromatic carbocycles. The van der Waals surface area contributed by atoms with E-state index in [1.54, 1.807) is 31.1 Å². The number of ketones is 1. The van der Waals surface area contributed by atoms with Gasteiger partial charge in [-0.15, -0.1) is 0 Å². The van der Waals surface area contributed by atoms with E-state index in [1.165, 1.54) is 18.1 Å². The molecule has 5 N–H and O–H groups in total. The summed E-state index contributed by atoms with van der Waals surface area (Å²) in [6, 6.07) is 1.50. The van der Waals surface area contributed by atoms with Crippen LogP contribution in [0.3, 0.4) is 0 Å². The Morgan fingerprint density at radius 3 is 2.59 bits per heavy atom. The maximum absolute atomic E-state index is 12.3. The standard InChI is InChI=1S/C18H27N5O4/c1-12(22(2)10-13(20)5-6-15(24)7-8-19)17(25)21-14-9-16(18(26)27-4)23(3)11-14/h9-11H,1,5-8,19-20H2,2-4H3,(H,21,25)/b13-10-. The Labute approximate surface area is 158 Å². The van der Waals surface area contributed by atoms with E-state index < -0.39 is 11.9 Å². The smallest absolute Gasteiger partial charge is 0.354 e. The Kier molecular flexibility index (Phi) is 8.28. The summed E-state index contributed by atoms with van der Waals surface area (Å²) in [7, 11) is 4.57. The van der Waals surface area contributed by atoms with Crippen molar-refractivity contribution >= 4 is 23.3 Å². The lowest BCUT2D eigenvalue weighted by atomic mass is 10.1. The van der Waals surface area contributed by atoms with Crippen LogP contribution in [0, 0.1) is 0 Å². The summed E-state index contributed by atoms with van der Waals surface area (Å²) in [4.78, 5) is 36.9. The molecule has 0 spiro atoms. The summed E-state index contributed by atoms with van der Waals surface area (Å²) >= 11 is 0. The Balaban J connectivity index is 2.67. The number of rotatable bonds is 10. The van der Waals surface area contributed by atoms with E-state index in [0.717, 1.165) is 0 Å². The number of Topliss-reactive ketones (excluding diaryl/α,β-unsaturated/α-hetero) is 1. The Morgan fingerprint density at radius 1 is 1.33 bits per heavy atom. The minimum Gasteiger partial charge on any atom is -0.464 e. The van der Waals surface area contributed by atoms with E-state index in [0.29, 0.717) is 42.9 Å². The Morgan fingerprint density at radius 2 is 2.00 bits per heavy atom. The number of allylic oxidation sites excluding steroid dienone is 1. The molecule has 0 bridgehead atoms.